The lowest BCUT2D eigenvalue weighted by Crippen LogP contribution is -2.33. The zero-order chi connectivity index (χ0) is 24.3. The van der Waals surface area contributed by atoms with Crippen molar-refractivity contribution < 1.29 is 27.9 Å². The molecule has 1 aromatic carbocycles. The highest BCUT2D eigenvalue weighted by atomic mass is 32.1. The lowest BCUT2D eigenvalue weighted by atomic mass is 10.1. The van der Waals surface area contributed by atoms with E-state index in [-0.39, 0.29) is 5.91 Å². The minimum Gasteiger partial charge on any atom is -0.475 e. The van der Waals surface area contributed by atoms with Crippen molar-refractivity contribution in [2.45, 2.75) is 45.8 Å². The average Bonchev–Trinajstić information content (AvgIpc) is 3.21. The first kappa shape index (κ1) is 25.1. The average molecular weight is 500 g/mol. The maximum absolute atomic E-state index is 11.8. The van der Waals surface area contributed by atoms with E-state index in [1.807, 2.05) is 12.1 Å². The van der Waals surface area contributed by atoms with Gasteiger partial charge < -0.3 is 15.3 Å². The number of carbonyl (C=O) groups excluding carboxylic acids is 1. The summed E-state index contributed by atoms with van der Waals surface area (Å²) in [4.78, 5) is 29.5. The first-order valence-corrected chi connectivity index (χ1v) is 11.9. The van der Waals surface area contributed by atoms with E-state index in [2.05, 4.69) is 36.2 Å². The number of hydrogen-bond acceptors (Lipinski definition) is 6. The molecule has 11 heteroatoms. The minimum atomic E-state index is -5.08. The summed E-state index contributed by atoms with van der Waals surface area (Å²) in [7, 11) is 0. The molecule has 0 bridgehead atoms. The summed E-state index contributed by atoms with van der Waals surface area (Å²) in [6.45, 7) is 8.23. The predicted molar refractivity (Wildman–Crippen MR) is 125 cm³/mol. The number of nitrogens with zero attached hydrogens (tertiary/aromatic N) is 2. The number of benzene rings is 1. The first-order valence-electron chi connectivity index (χ1n) is 10.3. The molecular weight excluding hydrogens is 475 g/mol. The number of rotatable bonds is 3. The third kappa shape index (κ3) is 6.10. The molecule has 3 heterocycles. The standard InChI is InChI=1S/C20H23N3OS2.C2HF3O2/c1-12(2)23-10-8-14-16(9-11-23)25-19(21-13(3)24)18(14)20-22-15-6-4-5-7-17(15)26-20;3-2(4,5)1(6)7/h4-7,12H,8-11H2,1-3H3,(H,21,24);(H,6,7). The molecule has 0 unspecified atom stereocenters. The molecule has 178 valence electrons. The first-order chi connectivity index (χ1) is 15.5. The Morgan fingerprint density at radius 2 is 1.79 bits per heavy atom. The fourth-order valence-electron chi connectivity index (χ4n) is 3.56. The normalized spacial score (nSPS) is 14.4. The molecule has 2 N–H and O–H groups in total. The number of hydrogen-bond donors (Lipinski definition) is 2. The SMILES string of the molecule is CC(=O)Nc1sc2c(c1-c1nc3ccccc3s1)CCN(C(C)C)CC2.O=C(O)C(F)(F)F. The van der Waals surface area contributed by atoms with E-state index in [1.54, 1.807) is 29.6 Å². The summed E-state index contributed by atoms with van der Waals surface area (Å²) in [6.07, 6.45) is -3.04. The second-order valence-corrected chi connectivity index (χ2v) is 9.94. The third-order valence-corrected chi connectivity index (χ3v) is 7.40. The number of thiazole rings is 1. The molecule has 0 radical (unpaired) electrons. The second-order valence-electron chi connectivity index (χ2n) is 7.81. The molecule has 0 spiro atoms. The molecule has 0 atom stereocenters. The van der Waals surface area contributed by atoms with Crippen LogP contribution in [0.4, 0.5) is 18.2 Å². The summed E-state index contributed by atoms with van der Waals surface area (Å²) in [5.74, 6) is -2.78. The van der Waals surface area contributed by atoms with Crippen LogP contribution in [-0.2, 0) is 22.4 Å². The monoisotopic (exact) mass is 499 g/mol. The van der Waals surface area contributed by atoms with Gasteiger partial charge in [0.2, 0.25) is 5.91 Å². The number of aromatic nitrogens is 1. The number of carbonyl (C=O) groups is 2. The molecule has 3 aromatic rings. The number of amides is 1. The number of para-hydroxylation sites is 1. The zero-order valence-electron chi connectivity index (χ0n) is 18.3. The van der Waals surface area contributed by atoms with Gasteiger partial charge in [-0.25, -0.2) is 9.78 Å². The van der Waals surface area contributed by atoms with E-state index in [0.717, 1.165) is 47.0 Å². The number of halogens is 3. The molecule has 0 saturated carbocycles. The molecule has 2 aromatic heterocycles. The second kappa shape index (κ2) is 10.2. The van der Waals surface area contributed by atoms with E-state index in [4.69, 9.17) is 14.9 Å². The highest BCUT2D eigenvalue weighted by Crippen LogP contribution is 2.45. The number of carboxylic acid groups (broad SMARTS) is 1. The van der Waals surface area contributed by atoms with Crippen LogP contribution in [0.5, 0.6) is 0 Å². The number of nitrogens with one attached hydrogen (secondary N) is 1. The number of aliphatic carboxylic acids is 1. The van der Waals surface area contributed by atoms with Crippen molar-refractivity contribution in [2.75, 3.05) is 18.4 Å². The third-order valence-electron chi connectivity index (χ3n) is 5.14. The quantitative estimate of drug-likeness (QED) is 0.503. The van der Waals surface area contributed by atoms with Crippen molar-refractivity contribution >= 4 is 49.8 Å². The van der Waals surface area contributed by atoms with E-state index >= 15 is 0 Å². The fraction of sp³-hybridized carbons (Fsp3) is 0.409. The van der Waals surface area contributed by atoms with Crippen LogP contribution in [0, 0.1) is 0 Å². The fourth-order valence-corrected chi connectivity index (χ4v) is 5.95. The Morgan fingerprint density at radius 1 is 1.15 bits per heavy atom. The van der Waals surface area contributed by atoms with E-state index in [0.29, 0.717) is 6.04 Å². The van der Waals surface area contributed by atoms with E-state index in [1.165, 1.54) is 15.1 Å². The molecule has 4 rings (SSSR count). The lowest BCUT2D eigenvalue weighted by molar-refractivity contribution is -0.192. The van der Waals surface area contributed by atoms with Gasteiger partial charge in [0.25, 0.3) is 0 Å². The molecule has 0 aliphatic carbocycles. The number of carboxylic acids is 1. The van der Waals surface area contributed by atoms with E-state index in [9.17, 15) is 18.0 Å². The van der Waals surface area contributed by atoms with Crippen LogP contribution in [0.25, 0.3) is 20.8 Å². The van der Waals surface area contributed by atoms with Crippen LogP contribution in [0.15, 0.2) is 24.3 Å². The number of alkyl halides is 3. The Labute approximate surface area is 197 Å². The van der Waals surface area contributed by atoms with Gasteiger partial charge in [-0.2, -0.15) is 13.2 Å². The van der Waals surface area contributed by atoms with Crippen molar-refractivity contribution in [1.82, 2.24) is 9.88 Å². The van der Waals surface area contributed by atoms with Gasteiger partial charge in [-0.3, -0.25) is 4.79 Å². The Morgan fingerprint density at radius 3 is 2.36 bits per heavy atom. The van der Waals surface area contributed by atoms with Gasteiger partial charge in [-0.15, -0.1) is 22.7 Å². The predicted octanol–water partition coefficient (Wildman–Crippen LogP) is 5.43. The largest absolute Gasteiger partial charge is 0.490 e. The Balaban J connectivity index is 0.000000383. The van der Waals surface area contributed by atoms with Gasteiger partial charge in [-0.05, 0) is 44.4 Å². The summed E-state index contributed by atoms with van der Waals surface area (Å²) < 4.78 is 32.9. The zero-order valence-corrected chi connectivity index (χ0v) is 20.0. The molecule has 0 saturated heterocycles. The lowest BCUT2D eigenvalue weighted by Gasteiger charge is -2.24. The number of fused-ring (bicyclic) bond motifs is 2. The summed E-state index contributed by atoms with van der Waals surface area (Å²) in [5.41, 5.74) is 3.55. The van der Waals surface area contributed by atoms with Crippen molar-refractivity contribution in [2.24, 2.45) is 0 Å². The van der Waals surface area contributed by atoms with Crippen molar-refractivity contribution in [1.29, 1.82) is 0 Å². The molecule has 1 amide bonds. The Bertz CT molecular complexity index is 1120. The number of thiophene rings is 1. The van der Waals surface area contributed by atoms with Crippen molar-refractivity contribution in [3.8, 4) is 10.6 Å². The number of anilines is 1. The van der Waals surface area contributed by atoms with Gasteiger partial charge in [-0.1, -0.05) is 12.1 Å². The Kier molecular flexibility index (Phi) is 7.76. The summed E-state index contributed by atoms with van der Waals surface area (Å²) in [6, 6.07) is 8.80. The molecular formula is C22H24F3N3O3S2. The van der Waals surface area contributed by atoms with Crippen LogP contribution in [0.1, 0.15) is 31.2 Å². The Hall–Kier alpha value is -2.50. The van der Waals surface area contributed by atoms with Crippen molar-refractivity contribution in [3.05, 3.63) is 34.7 Å². The van der Waals surface area contributed by atoms with Gasteiger partial charge in [0.05, 0.1) is 10.2 Å². The summed E-state index contributed by atoms with van der Waals surface area (Å²) >= 11 is 3.44. The maximum atomic E-state index is 11.8. The molecule has 6 nitrogen and oxygen atoms in total. The van der Waals surface area contributed by atoms with Crippen LogP contribution >= 0.6 is 22.7 Å². The highest BCUT2D eigenvalue weighted by Gasteiger charge is 2.38. The molecule has 1 aliphatic heterocycles. The van der Waals surface area contributed by atoms with Crippen molar-refractivity contribution in [3.63, 3.8) is 0 Å². The molecule has 0 fully saturated rings. The van der Waals surface area contributed by atoms with E-state index < -0.39 is 12.1 Å². The van der Waals surface area contributed by atoms with Crippen LogP contribution in [-0.4, -0.2) is 52.2 Å². The minimum absolute atomic E-state index is 0.0208. The van der Waals surface area contributed by atoms with Gasteiger partial charge in [0, 0.05) is 36.5 Å². The van der Waals surface area contributed by atoms with Gasteiger partial charge >= 0.3 is 12.1 Å². The molecule has 1 aliphatic rings. The maximum Gasteiger partial charge on any atom is 0.490 e. The van der Waals surface area contributed by atoms with Crippen LogP contribution < -0.4 is 5.32 Å². The molecule has 33 heavy (non-hydrogen) atoms. The smallest absolute Gasteiger partial charge is 0.475 e. The van der Waals surface area contributed by atoms with Gasteiger partial charge in [0.1, 0.15) is 10.0 Å². The van der Waals surface area contributed by atoms with Gasteiger partial charge in [0.15, 0.2) is 0 Å². The van der Waals surface area contributed by atoms with Crippen LogP contribution in [0.2, 0.25) is 0 Å². The highest BCUT2D eigenvalue weighted by molar-refractivity contribution is 7.22. The topological polar surface area (TPSA) is 82.5 Å². The van der Waals surface area contributed by atoms with Crippen LogP contribution in [0.3, 0.4) is 0 Å². The summed E-state index contributed by atoms with van der Waals surface area (Å²) in [5, 5.41) is 12.2.